The van der Waals surface area contributed by atoms with Gasteiger partial charge in [-0.25, -0.2) is 0 Å². The van der Waals surface area contributed by atoms with Crippen LogP contribution in [0.5, 0.6) is 0 Å². The summed E-state index contributed by atoms with van der Waals surface area (Å²) in [6.07, 6.45) is 3.52. The number of benzene rings is 1. The summed E-state index contributed by atoms with van der Waals surface area (Å²) < 4.78 is 13.2. The molecule has 1 aromatic carbocycles. The molecular weight excluding hydrogens is 342 g/mol. The highest BCUT2D eigenvalue weighted by atomic mass is 16.4. The van der Waals surface area contributed by atoms with Crippen molar-refractivity contribution in [2.45, 2.75) is 19.9 Å². The Morgan fingerprint density at radius 3 is 2.63 bits per heavy atom. The van der Waals surface area contributed by atoms with Crippen molar-refractivity contribution in [2.24, 2.45) is 0 Å². The van der Waals surface area contributed by atoms with Gasteiger partial charge in [0.2, 0.25) is 5.88 Å². The molecule has 27 heavy (non-hydrogen) atoms. The number of furan rings is 2. The molecule has 0 bridgehead atoms. The van der Waals surface area contributed by atoms with E-state index in [1.807, 2.05) is 49.4 Å². The fourth-order valence-corrected chi connectivity index (χ4v) is 3.11. The molecule has 6 nitrogen and oxygen atoms in total. The van der Waals surface area contributed by atoms with Gasteiger partial charge >= 0.3 is 0 Å². The molecule has 0 saturated heterocycles. The van der Waals surface area contributed by atoms with Crippen LogP contribution in [0.2, 0.25) is 0 Å². The zero-order chi connectivity index (χ0) is 19.0. The second kappa shape index (κ2) is 6.54. The summed E-state index contributed by atoms with van der Waals surface area (Å²) in [7, 11) is 0. The summed E-state index contributed by atoms with van der Waals surface area (Å²) in [4.78, 5) is 12.9. The van der Waals surface area contributed by atoms with Gasteiger partial charge in [-0.05, 0) is 38.1 Å². The SMILES string of the molecule is Cc1oc(-n2cccc2)c(C#N)c1C(=O)N[C@H](C)c1cc2ccccc2o1. The van der Waals surface area contributed by atoms with E-state index in [1.54, 1.807) is 23.9 Å². The van der Waals surface area contributed by atoms with Crippen molar-refractivity contribution in [1.29, 1.82) is 5.26 Å². The van der Waals surface area contributed by atoms with E-state index in [0.717, 1.165) is 11.0 Å². The molecule has 3 heterocycles. The Morgan fingerprint density at radius 2 is 1.93 bits per heavy atom. The largest absolute Gasteiger partial charge is 0.459 e. The van der Waals surface area contributed by atoms with Gasteiger partial charge in [-0.15, -0.1) is 0 Å². The summed E-state index contributed by atoms with van der Waals surface area (Å²) >= 11 is 0. The maximum absolute atomic E-state index is 12.9. The van der Waals surface area contributed by atoms with Gasteiger partial charge in [0.05, 0.1) is 6.04 Å². The van der Waals surface area contributed by atoms with Crippen LogP contribution in [0.15, 0.2) is 63.7 Å². The molecule has 0 radical (unpaired) electrons. The number of nitriles is 1. The Labute approximate surface area is 155 Å². The third-order valence-electron chi connectivity index (χ3n) is 4.46. The van der Waals surface area contributed by atoms with E-state index < -0.39 is 0 Å². The highest BCUT2D eigenvalue weighted by molar-refractivity contribution is 5.98. The van der Waals surface area contributed by atoms with Crippen LogP contribution in [-0.2, 0) is 0 Å². The quantitative estimate of drug-likeness (QED) is 0.582. The zero-order valence-corrected chi connectivity index (χ0v) is 14.9. The Hall–Kier alpha value is -3.72. The maximum atomic E-state index is 12.9. The molecule has 1 N–H and O–H groups in total. The molecule has 0 aliphatic rings. The number of amides is 1. The molecule has 3 aromatic heterocycles. The second-order valence-electron chi connectivity index (χ2n) is 6.30. The van der Waals surface area contributed by atoms with E-state index >= 15 is 0 Å². The van der Waals surface area contributed by atoms with Crippen LogP contribution in [0.25, 0.3) is 16.9 Å². The molecule has 4 aromatic rings. The average molecular weight is 359 g/mol. The number of nitrogens with one attached hydrogen (secondary N) is 1. The number of carbonyl (C=O) groups is 1. The number of aryl methyl sites for hydroxylation is 1. The van der Waals surface area contributed by atoms with Crippen molar-refractivity contribution in [3.05, 3.63) is 77.5 Å². The van der Waals surface area contributed by atoms with Crippen LogP contribution in [-0.4, -0.2) is 10.5 Å². The Bertz CT molecular complexity index is 1130. The van der Waals surface area contributed by atoms with Crippen molar-refractivity contribution in [2.75, 3.05) is 0 Å². The lowest BCUT2D eigenvalue weighted by Crippen LogP contribution is -2.27. The van der Waals surface area contributed by atoms with E-state index in [-0.39, 0.29) is 23.1 Å². The third-order valence-corrected chi connectivity index (χ3v) is 4.46. The van der Waals surface area contributed by atoms with Crippen molar-refractivity contribution in [1.82, 2.24) is 9.88 Å². The second-order valence-corrected chi connectivity index (χ2v) is 6.30. The Morgan fingerprint density at radius 1 is 1.19 bits per heavy atom. The monoisotopic (exact) mass is 359 g/mol. The molecular formula is C21H17N3O3. The van der Waals surface area contributed by atoms with Crippen molar-refractivity contribution in [3.63, 3.8) is 0 Å². The third kappa shape index (κ3) is 2.89. The van der Waals surface area contributed by atoms with Gasteiger partial charge in [0.25, 0.3) is 5.91 Å². The first-order valence-electron chi connectivity index (χ1n) is 8.54. The van der Waals surface area contributed by atoms with E-state index in [1.165, 1.54) is 0 Å². The standard InChI is InChI=1S/C21H17N3O3/c1-13(18-11-15-7-3-4-8-17(15)27-18)23-20(25)19-14(2)26-21(16(19)12-22)24-9-5-6-10-24/h3-11,13H,1-2H3,(H,23,25)/t13-/m1/s1. The van der Waals surface area contributed by atoms with Crippen LogP contribution in [0.1, 0.15) is 40.4 Å². The fourth-order valence-electron chi connectivity index (χ4n) is 3.11. The Kier molecular flexibility index (Phi) is 4.05. The number of nitrogens with zero attached hydrogens (tertiary/aromatic N) is 2. The Balaban J connectivity index is 1.64. The fraction of sp³-hybridized carbons (Fsp3) is 0.143. The topological polar surface area (TPSA) is 84.1 Å². The summed E-state index contributed by atoms with van der Waals surface area (Å²) in [6, 6.07) is 14.9. The normalized spacial score (nSPS) is 12.0. The lowest BCUT2D eigenvalue weighted by Gasteiger charge is -2.11. The van der Waals surface area contributed by atoms with Gasteiger partial charge in [-0.2, -0.15) is 5.26 Å². The number of para-hydroxylation sites is 1. The maximum Gasteiger partial charge on any atom is 0.256 e. The van der Waals surface area contributed by atoms with E-state index in [4.69, 9.17) is 8.83 Å². The molecule has 1 amide bonds. The van der Waals surface area contributed by atoms with Crippen LogP contribution in [0.3, 0.4) is 0 Å². The highest BCUT2D eigenvalue weighted by Gasteiger charge is 2.26. The minimum atomic E-state index is -0.376. The van der Waals surface area contributed by atoms with Crippen LogP contribution in [0.4, 0.5) is 0 Å². The zero-order valence-electron chi connectivity index (χ0n) is 14.9. The molecule has 6 heteroatoms. The van der Waals surface area contributed by atoms with E-state index in [2.05, 4.69) is 11.4 Å². The molecule has 0 spiro atoms. The molecule has 0 aliphatic carbocycles. The van der Waals surface area contributed by atoms with Gasteiger partial charge in [0.1, 0.15) is 34.3 Å². The number of hydrogen-bond acceptors (Lipinski definition) is 4. The predicted octanol–water partition coefficient (Wildman–Crippen LogP) is 4.49. The smallest absolute Gasteiger partial charge is 0.256 e. The van der Waals surface area contributed by atoms with E-state index in [9.17, 15) is 10.1 Å². The number of aromatic nitrogens is 1. The molecule has 0 saturated carbocycles. The van der Waals surface area contributed by atoms with Gasteiger partial charge in [-0.1, -0.05) is 18.2 Å². The molecule has 1 atom stereocenters. The van der Waals surface area contributed by atoms with E-state index in [0.29, 0.717) is 17.4 Å². The molecule has 0 fully saturated rings. The summed E-state index contributed by atoms with van der Waals surface area (Å²) in [5.74, 6) is 1.00. The first-order chi connectivity index (χ1) is 13.1. The van der Waals surface area contributed by atoms with Gasteiger partial charge in [0, 0.05) is 17.8 Å². The number of rotatable bonds is 4. The summed E-state index contributed by atoms with van der Waals surface area (Å²) in [5, 5.41) is 13.5. The molecule has 134 valence electrons. The van der Waals surface area contributed by atoms with Crippen molar-refractivity contribution in [3.8, 4) is 12.0 Å². The lowest BCUT2D eigenvalue weighted by atomic mass is 10.1. The minimum Gasteiger partial charge on any atom is -0.459 e. The first-order valence-corrected chi connectivity index (χ1v) is 8.54. The van der Waals surface area contributed by atoms with Gasteiger partial charge in [-0.3, -0.25) is 9.36 Å². The van der Waals surface area contributed by atoms with Gasteiger partial charge < -0.3 is 14.2 Å². The summed E-state index contributed by atoms with van der Waals surface area (Å²) in [6.45, 7) is 3.51. The molecule has 4 rings (SSSR count). The van der Waals surface area contributed by atoms with Crippen LogP contribution in [0, 0.1) is 18.3 Å². The minimum absolute atomic E-state index is 0.206. The predicted molar refractivity (Wildman–Crippen MR) is 99.6 cm³/mol. The summed E-state index contributed by atoms with van der Waals surface area (Å²) in [5.41, 5.74) is 1.21. The van der Waals surface area contributed by atoms with Crippen LogP contribution < -0.4 is 5.32 Å². The average Bonchev–Trinajstić information content (AvgIpc) is 3.38. The first kappa shape index (κ1) is 16.7. The van der Waals surface area contributed by atoms with Crippen molar-refractivity contribution < 1.29 is 13.6 Å². The molecule has 0 aliphatic heterocycles. The lowest BCUT2D eigenvalue weighted by molar-refractivity contribution is 0.0934. The number of hydrogen-bond donors (Lipinski definition) is 1. The number of carbonyl (C=O) groups excluding carboxylic acids is 1. The van der Waals surface area contributed by atoms with Crippen LogP contribution >= 0.6 is 0 Å². The number of fused-ring (bicyclic) bond motifs is 1. The highest BCUT2D eigenvalue weighted by Crippen LogP contribution is 2.27. The van der Waals surface area contributed by atoms with Gasteiger partial charge in [0.15, 0.2) is 0 Å². The van der Waals surface area contributed by atoms with Crippen molar-refractivity contribution >= 4 is 16.9 Å². The molecule has 0 unspecified atom stereocenters.